The van der Waals surface area contributed by atoms with Crippen LogP contribution in [0, 0.1) is 0 Å². The Labute approximate surface area is 153 Å². The Balaban J connectivity index is 1.83. The van der Waals surface area contributed by atoms with Crippen molar-refractivity contribution in [1.29, 1.82) is 0 Å². The predicted octanol–water partition coefficient (Wildman–Crippen LogP) is 4.55. The van der Waals surface area contributed by atoms with E-state index in [9.17, 15) is 10.2 Å². The normalized spacial score (nSPS) is 15.5. The Morgan fingerprint density at radius 1 is 0.923 bits per heavy atom. The Hall–Kier alpha value is -2.36. The quantitative estimate of drug-likeness (QED) is 0.730. The van der Waals surface area contributed by atoms with E-state index in [0.717, 1.165) is 46.2 Å². The maximum atomic E-state index is 9.70. The van der Waals surface area contributed by atoms with E-state index < -0.39 is 0 Å². The third-order valence-electron chi connectivity index (χ3n) is 5.58. The summed E-state index contributed by atoms with van der Waals surface area (Å²) in [5.41, 5.74) is 5.26. The van der Waals surface area contributed by atoms with Gasteiger partial charge in [0.2, 0.25) is 0 Å². The number of hydrogen-bond acceptors (Lipinski definition) is 3. The van der Waals surface area contributed by atoms with Crippen LogP contribution >= 0.6 is 0 Å². The molecule has 134 valence electrons. The monoisotopic (exact) mass is 348 g/mol. The molecule has 3 aromatic carbocycles. The molecular formula is C23H24O3. The molecule has 3 heteroatoms. The Morgan fingerprint density at radius 2 is 1.69 bits per heavy atom. The van der Waals surface area contributed by atoms with Crippen LogP contribution in [0.2, 0.25) is 0 Å². The smallest absolute Gasteiger partial charge is 0.123 e. The summed E-state index contributed by atoms with van der Waals surface area (Å²) in [4.78, 5) is 0. The predicted molar refractivity (Wildman–Crippen MR) is 104 cm³/mol. The van der Waals surface area contributed by atoms with Crippen LogP contribution in [-0.4, -0.2) is 16.8 Å². The fourth-order valence-corrected chi connectivity index (χ4v) is 3.87. The Morgan fingerprint density at radius 3 is 2.46 bits per heavy atom. The first-order valence-corrected chi connectivity index (χ1v) is 9.07. The average Bonchev–Trinajstić information content (AvgIpc) is 2.66. The maximum absolute atomic E-state index is 9.70. The lowest BCUT2D eigenvalue weighted by molar-refractivity contribution is 0.234. The van der Waals surface area contributed by atoms with Crippen LogP contribution in [0.15, 0.2) is 48.5 Å². The van der Waals surface area contributed by atoms with Crippen LogP contribution in [0.4, 0.5) is 0 Å². The first kappa shape index (κ1) is 17.1. The molecule has 1 heterocycles. The lowest BCUT2D eigenvalue weighted by Crippen LogP contribution is -2.26. The highest BCUT2D eigenvalue weighted by Crippen LogP contribution is 2.40. The SMILES string of the molecule is CC1(C)CCOc2ccc(-c3ccc4c(CO)c(CO)ccc4c3)cc21. The van der Waals surface area contributed by atoms with Gasteiger partial charge in [-0.2, -0.15) is 0 Å². The van der Waals surface area contributed by atoms with E-state index in [0.29, 0.717) is 0 Å². The molecule has 0 amide bonds. The third kappa shape index (κ3) is 2.77. The first-order valence-electron chi connectivity index (χ1n) is 9.07. The van der Waals surface area contributed by atoms with Crippen LogP contribution in [-0.2, 0) is 18.6 Å². The average molecular weight is 348 g/mol. The van der Waals surface area contributed by atoms with Gasteiger partial charge in [0.25, 0.3) is 0 Å². The molecular weight excluding hydrogens is 324 g/mol. The zero-order chi connectivity index (χ0) is 18.3. The summed E-state index contributed by atoms with van der Waals surface area (Å²) in [6, 6.07) is 16.6. The first-order chi connectivity index (χ1) is 12.5. The molecule has 0 fully saturated rings. The lowest BCUT2D eigenvalue weighted by atomic mass is 9.79. The van der Waals surface area contributed by atoms with E-state index in [1.807, 2.05) is 18.2 Å². The molecule has 0 bridgehead atoms. The van der Waals surface area contributed by atoms with E-state index in [4.69, 9.17) is 4.74 Å². The van der Waals surface area contributed by atoms with Gasteiger partial charge >= 0.3 is 0 Å². The molecule has 26 heavy (non-hydrogen) atoms. The van der Waals surface area contributed by atoms with Gasteiger partial charge in [-0.05, 0) is 63.1 Å². The third-order valence-corrected chi connectivity index (χ3v) is 5.58. The maximum Gasteiger partial charge on any atom is 0.123 e. The molecule has 4 rings (SSSR count). The molecule has 0 saturated heterocycles. The van der Waals surface area contributed by atoms with Gasteiger partial charge < -0.3 is 14.9 Å². The van der Waals surface area contributed by atoms with Crippen molar-refractivity contribution in [2.45, 2.75) is 38.9 Å². The zero-order valence-electron chi connectivity index (χ0n) is 15.2. The van der Waals surface area contributed by atoms with Crippen LogP contribution in [0.1, 0.15) is 37.0 Å². The molecule has 0 aliphatic carbocycles. The fourth-order valence-electron chi connectivity index (χ4n) is 3.87. The van der Waals surface area contributed by atoms with Gasteiger partial charge in [-0.3, -0.25) is 0 Å². The zero-order valence-corrected chi connectivity index (χ0v) is 15.2. The number of fused-ring (bicyclic) bond motifs is 2. The second-order valence-electron chi connectivity index (χ2n) is 7.65. The summed E-state index contributed by atoms with van der Waals surface area (Å²) in [5.74, 6) is 0.987. The number of hydrogen-bond donors (Lipinski definition) is 2. The van der Waals surface area contributed by atoms with Crippen molar-refractivity contribution in [3.63, 3.8) is 0 Å². The summed E-state index contributed by atoms with van der Waals surface area (Å²) in [5, 5.41) is 21.2. The number of aliphatic hydroxyl groups is 2. The van der Waals surface area contributed by atoms with Crippen molar-refractivity contribution in [2.75, 3.05) is 6.61 Å². The fraction of sp³-hybridized carbons (Fsp3) is 0.304. The van der Waals surface area contributed by atoms with Gasteiger partial charge in [-0.1, -0.05) is 44.2 Å². The van der Waals surface area contributed by atoms with Gasteiger partial charge in [0.05, 0.1) is 19.8 Å². The minimum absolute atomic E-state index is 0.0620. The highest BCUT2D eigenvalue weighted by molar-refractivity contribution is 5.90. The van der Waals surface area contributed by atoms with Crippen molar-refractivity contribution in [3.05, 3.63) is 65.2 Å². The summed E-state index contributed by atoms with van der Waals surface area (Å²) >= 11 is 0. The van der Waals surface area contributed by atoms with Gasteiger partial charge in [0.1, 0.15) is 5.75 Å². The number of benzene rings is 3. The van der Waals surface area contributed by atoms with E-state index in [2.05, 4.69) is 44.2 Å². The lowest BCUT2D eigenvalue weighted by Gasteiger charge is -2.32. The van der Waals surface area contributed by atoms with E-state index in [1.54, 1.807) is 0 Å². The van der Waals surface area contributed by atoms with E-state index in [1.165, 1.54) is 11.1 Å². The Kier molecular flexibility index (Phi) is 4.22. The molecule has 0 aromatic heterocycles. The summed E-state index contributed by atoms with van der Waals surface area (Å²) < 4.78 is 5.82. The molecule has 0 atom stereocenters. The Bertz CT molecular complexity index is 973. The van der Waals surface area contributed by atoms with Gasteiger partial charge in [-0.15, -0.1) is 0 Å². The molecule has 0 radical (unpaired) electrons. The van der Waals surface area contributed by atoms with Gasteiger partial charge in [-0.25, -0.2) is 0 Å². The number of ether oxygens (including phenoxy) is 1. The molecule has 3 aromatic rings. The molecule has 0 spiro atoms. The molecule has 3 nitrogen and oxygen atoms in total. The van der Waals surface area contributed by atoms with Crippen LogP contribution in [0.3, 0.4) is 0 Å². The molecule has 0 unspecified atom stereocenters. The minimum Gasteiger partial charge on any atom is -0.493 e. The topological polar surface area (TPSA) is 49.7 Å². The van der Waals surface area contributed by atoms with Crippen LogP contribution in [0.25, 0.3) is 21.9 Å². The van der Waals surface area contributed by atoms with Crippen molar-refractivity contribution in [1.82, 2.24) is 0 Å². The van der Waals surface area contributed by atoms with Crippen molar-refractivity contribution < 1.29 is 14.9 Å². The van der Waals surface area contributed by atoms with Crippen LogP contribution < -0.4 is 4.74 Å². The highest BCUT2D eigenvalue weighted by Gasteiger charge is 2.28. The second-order valence-corrected chi connectivity index (χ2v) is 7.65. The standard InChI is InChI=1S/C23H24O3/c1-23(2)9-10-26-22-8-6-16(12-21(22)23)15-5-7-19-17(11-15)3-4-18(13-24)20(19)14-25/h3-8,11-12,24-25H,9-10,13-14H2,1-2H3. The van der Waals surface area contributed by atoms with E-state index >= 15 is 0 Å². The highest BCUT2D eigenvalue weighted by atomic mass is 16.5. The number of aliphatic hydroxyl groups excluding tert-OH is 2. The minimum atomic E-state index is -0.0725. The summed E-state index contributed by atoms with van der Waals surface area (Å²) in [7, 11) is 0. The largest absolute Gasteiger partial charge is 0.493 e. The number of rotatable bonds is 3. The van der Waals surface area contributed by atoms with Crippen molar-refractivity contribution in [2.24, 2.45) is 0 Å². The van der Waals surface area contributed by atoms with Crippen molar-refractivity contribution >= 4 is 10.8 Å². The van der Waals surface area contributed by atoms with Gasteiger partial charge in [0.15, 0.2) is 0 Å². The molecule has 2 N–H and O–H groups in total. The van der Waals surface area contributed by atoms with Gasteiger partial charge in [0, 0.05) is 5.56 Å². The molecule has 0 saturated carbocycles. The second kappa shape index (κ2) is 6.42. The van der Waals surface area contributed by atoms with E-state index in [-0.39, 0.29) is 18.6 Å². The summed E-state index contributed by atoms with van der Waals surface area (Å²) in [6.45, 7) is 5.17. The van der Waals surface area contributed by atoms with Crippen molar-refractivity contribution in [3.8, 4) is 16.9 Å². The molecule has 1 aliphatic rings. The molecule has 1 aliphatic heterocycles. The van der Waals surface area contributed by atoms with Crippen LogP contribution in [0.5, 0.6) is 5.75 Å². The summed E-state index contributed by atoms with van der Waals surface area (Å²) in [6.07, 6.45) is 1.02.